The Morgan fingerprint density at radius 3 is 2.50 bits per heavy atom. The number of carbonyl (C=O) groups is 3. The topological polar surface area (TPSA) is 131 Å². The molecule has 0 aliphatic carbocycles. The smallest absolute Gasteiger partial charge is 0.293 e. The highest BCUT2D eigenvalue weighted by atomic mass is 16.6. The van der Waals surface area contributed by atoms with Crippen molar-refractivity contribution in [2.75, 3.05) is 10.6 Å². The molecule has 1 atom stereocenters. The summed E-state index contributed by atoms with van der Waals surface area (Å²) in [6.07, 6.45) is 2.84. The molecule has 0 radical (unpaired) electrons. The summed E-state index contributed by atoms with van der Waals surface area (Å²) in [6.45, 7) is 2.66. The van der Waals surface area contributed by atoms with Gasteiger partial charge in [0.1, 0.15) is 16.9 Å². The Morgan fingerprint density at radius 2 is 1.92 bits per heavy atom. The lowest BCUT2D eigenvalue weighted by Crippen LogP contribution is -2.37. The lowest BCUT2D eigenvalue weighted by atomic mass is 9.80. The highest BCUT2D eigenvalue weighted by Gasteiger charge is 2.48. The predicted molar refractivity (Wildman–Crippen MR) is 91.9 cm³/mol. The molecule has 1 aromatic carbocycles. The minimum absolute atomic E-state index is 0.0799. The third kappa shape index (κ3) is 2.59. The zero-order valence-electron chi connectivity index (χ0n) is 13.9. The highest BCUT2D eigenvalue weighted by Crippen LogP contribution is 2.43. The maximum atomic E-state index is 12.3. The first-order valence-corrected chi connectivity index (χ1v) is 7.62. The van der Waals surface area contributed by atoms with Gasteiger partial charge in [-0.05, 0) is 32.0 Å². The number of nitro groups is 1. The van der Waals surface area contributed by atoms with E-state index in [-0.39, 0.29) is 22.5 Å². The molecule has 2 heterocycles. The average molecular weight is 354 g/mol. The average Bonchev–Trinajstić information content (AvgIpc) is 2.86. The fraction of sp³-hybridized carbons (Fsp3) is 0.176. The van der Waals surface area contributed by atoms with Crippen LogP contribution in [0, 0.1) is 10.1 Å². The van der Waals surface area contributed by atoms with Crippen molar-refractivity contribution in [3.63, 3.8) is 0 Å². The van der Waals surface area contributed by atoms with Gasteiger partial charge in [0.2, 0.25) is 5.91 Å². The molecule has 132 valence electrons. The molecule has 0 saturated carbocycles. The second-order valence-electron chi connectivity index (χ2n) is 6.00. The normalized spacial score (nSPS) is 18.0. The van der Waals surface area contributed by atoms with Gasteiger partial charge in [-0.15, -0.1) is 0 Å². The molecule has 0 spiro atoms. The SMILES string of the molecule is CC(=O)C1(C)C(=O)Nc2cc(NC(=O)c3ccncc3)c([N+](=O)[O-])cc21. The minimum atomic E-state index is -1.51. The summed E-state index contributed by atoms with van der Waals surface area (Å²) in [7, 11) is 0. The van der Waals surface area contributed by atoms with Crippen molar-refractivity contribution in [3.8, 4) is 0 Å². The van der Waals surface area contributed by atoms with Crippen LogP contribution in [0.2, 0.25) is 0 Å². The number of benzene rings is 1. The predicted octanol–water partition coefficient (Wildman–Crippen LogP) is 2.04. The lowest BCUT2D eigenvalue weighted by molar-refractivity contribution is -0.384. The van der Waals surface area contributed by atoms with Crippen LogP contribution in [0.1, 0.15) is 29.8 Å². The van der Waals surface area contributed by atoms with E-state index < -0.39 is 33.6 Å². The number of rotatable bonds is 4. The third-order valence-corrected chi connectivity index (χ3v) is 4.47. The standard InChI is InChI=1S/C17H14N4O5/c1-9(22)17(2)11-7-14(21(25)26)13(8-12(11)20-16(17)24)19-15(23)10-3-5-18-6-4-10/h3-8H,1-2H3,(H,19,23)(H,20,24). The number of hydrogen-bond acceptors (Lipinski definition) is 6. The van der Waals surface area contributed by atoms with E-state index in [0.29, 0.717) is 0 Å². The van der Waals surface area contributed by atoms with Crippen molar-refractivity contribution in [1.29, 1.82) is 0 Å². The van der Waals surface area contributed by atoms with Crippen LogP contribution in [0.4, 0.5) is 17.1 Å². The Kier molecular flexibility index (Phi) is 3.99. The third-order valence-electron chi connectivity index (χ3n) is 4.47. The zero-order chi connectivity index (χ0) is 19.1. The summed E-state index contributed by atoms with van der Waals surface area (Å²) in [4.78, 5) is 51.1. The van der Waals surface area contributed by atoms with Crippen LogP contribution in [0.5, 0.6) is 0 Å². The molecule has 9 nitrogen and oxygen atoms in total. The van der Waals surface area contributed by atoms with Gasteiger partial charge in [0.05, 0.1) is 4.92 Å². The lowest BCUT2D eigenvalue weighted by Gasteiger charge is -2.18. The molecule has 0 fully saturated rings. The fourth-order valence-corrected chi connectivity index (χ4v) is 2.77. The Hall–Kier alpha value is -3.62. The number of ketones is 1. The van der Waals surface area contributed by atoms with Crippen molar-refractivity contribution in [1.82, 2.24) is 4.98 Å². The molecule has 2 aromatic rings. The number of nitrogens with zero attached hydrogens (tertiary/aromatic N) is 2. The van der Waals surface area contributed by atoms with Gasteiger partial charge < -0.3 is 10.6 Å². The van der Waals surface area contributed by atoms with Crippen LogP contribution in [0.3, 0.4) is 0 Å². The first kappa shape index (κ1) is 17.2. The van der Waals surface area contributed by atoms with Crippen molar-refractivity contribution >= 4 is 34.7 Å². The number of pyridine rings is 1. The van der Waals surface area contributed by atoms with Crippen LogP contribution in [0.15, 0.2) is 36.7 Å². The van der Waals surface area contributed by atoms with E-state index in [2.05, 4.69) is 15.6 Å². The van der Waals surface area contributed by atoms with Crippen LogP contribution < -0.4 is 10.6 Å². The zero-order valence-corrected chi connectivity index (χ0v) is 13.9. The molecule has 1 aliphatic rings. The molecule has 1 unspecified atom stereocenters. The van der Waals surface area contributed by atoms with E-state index in [4.69, 9.17) is 0 Å². The molecule has 1 aromatic heterocycles. The van der Waals surface area contributed by atoms with E-state index in [1.54, 1.807) is 0 Å². The molecule has 0 saturated heterocycles. The number of aromatic nitrogens is 1. The van der Waals surface area contributed by atoms with E-state index in [1.807, 2.05) is 0 Å². The van der Waals surface area contributed by atoms with Crippen LogP contribution in [-0.4, -0.2) is 27.5 Å². The summed E-state index contributed by atoms with van der Waals surface area (Å²) in [5.41, 5.74) is -1.26. The number of fused-ring (bicyclic) bond motifs is 1. The number of hydrogen-bond donors (Lipinski definition) is 2. The summed E-state index contributed by atoms with van der Waals surface area (Å²) < 4.78 is 0. The van der Waals surface area contributed by atoms with Crippen LogP contribution >= 0.6 is 0 Å². The molecule has 3 rings (SSSR count). The van der Waals surface area contributed by atoms with Gasteiger partial charge in [0.15, 0.2) is 0 Å². The highest BCUT2D eigenvalue weighted by molar-refractivity contribution is 6.21. The Balaban J connectivity index is 2.07. The van der Waals surface area contributed by atoms with Gasteiger partial charge in [-0.25, -0.2) is 0 Å². The number of amides is 2. The molecule has 9 heteroatoms. The molecule has 0 bridgehead atoms. The molecule has 2 N–H and O–H groups in total. The van der Waals surface area contributed by atoms with Gasteiger partial charge in [-0.1, -0.05) is 0 Å². The fourth-order valence-electron chi connectivity index (χ4n) is 2.77. The molecular weight excluding hydrogens is 340 g/mol. The number of nitro benzene ring substituents is 1. The monoisotopic (exact) mass is 354 g/mol. The van der Waals surface area contributed by atoms with Crippen molar-refractivity contribution in [2.45, 2.75) is 19.3 Å². The minimum Gasteiger partial charge on any atom is -0.325 e. The van der Waals surface area contributed by atoms with E-state index in [1.165, 1.54) is 44.4 Å². The number of nitrogens with one attached hydrogen (secondary N) is 2. The quantitative estimate of drug-likeness (QED) is 0.491. The Bertz CT molecular complexity index is 957. The maximum absolute atomic E-state index is 12.3. The van der Waals surface area contributed by atoms with E-state index in [0.717, 1.165) is 6.07 Å². The Morgan fingerprint density at radius 1 is 1.27 bits per heavy atom. The van der Waals surface area contributed by atoms with E-state index in [9.17, 15) is 24.5 Å². The van der Waals surface area contributed by atoms with Crippen molar-refractivity contribution in [2.24, 2.45) is 0 Å². The summed E-state index contributed by atoms with van der Waals surface area (Å²) in [5.74, 6) is -1.56. The first-order chi connectivity index (χ1) is 12.2. The van der Waals surface area contributed by atoms with E-state index >= 15 is 0 Å². The molecule has 1 aliphatic heterocycles. The van der Waals surface area contributed by atoms with Crippen molar-refractivity contribution in [3.05, 3.63) is 57.9 Å². The number of anilines is 2. The van der Waals surface area contributed by atoms with Gasteiger partial charge in [-0.3, -0.25) is 29.5 Å². The first-order valence-electron chi connectivity index (χ1n) is 7.62. The Labute approximate surface area is 147 Å². The maximum Gasteiger partial charge on any atom is 0.293 e. The molecule has 2 amide bonds. The number of carbonyl (C=O) groups excluding carboxylic acids is 3. The molecular formula is C17H14N4O5. The number of Topliss-reactive ketones (excluding diaryl/α,β-unsaturated/α-hetero) is 1. The second kappa shape index (κ2) is 6.03. The van der Waals surface area contributed by atoms with Gasteiger partial charge in [0, 0.05) is 35.3 Å². The molecule has 26 heavy (non-hydrogen) atoms. The van der Waals surface area contributed by atoms with Gasteiger partial charge >= 0.3 is 0 Å². The van der Waals surface area contributed by atoms with Gasteiger partial charge in [0.25, 0.3) is 11.6 Å². The van der Waals surface area contributed by atoms with Crippen LogP contribution in [-0.2, 0) is 15.0 Å². The summed E-state index contributed by atoms with van der Waals surface area (Å²) in [6, 6.07) is 5.36. The van der Waals surface area contributed by atoms with Crippen LogP contribution in [0.25, 0.3) is 0 Å². The van der Waals surface area contributed by atoms with Gasteiger partial charge in [-0.2, -0.15) is 0 Å². The largest absolute Gasteiger partial charge is 0.325 e. The summed E-state index contributed by atoms with van der Waals surface area (Å²) in [5, 5.41) is 16.5. The summed E-state index contributed by atoms with van der Waals surface area (Å²) >= 11 is 0. The van der Waals surface area contributed by atoms with Crippen molar-refractivity contribution < 1.29 is 19.3 Å². The second-order valence-corrected chi connectivity index (χ2v) is 6.00.